The van der Waals surface area contributed by atoms with E-state index < -0.39 is 17.9 Å². The molecular formula is C11H19N3O4. The summed E-state index contributed by atoms with van der Waals surface area (Å²) in [5, 5.41) is 9.17. The largest absolute Gasteiger partial charge is 0.480 e. The molecule has 1 heterocycles. The van der Waals surface area contributed by atoms with E-state index in [4.69, 9.17) is 5.11 Å². The van der Waals surface area contributed by atoms with Crippen molar-refractivity contribution in [3.8, 4) is 0 Å². The number of hydrazine groups is 1. The van der Waals surface area contributed by atoms with Crippen LogP contribution in [0.3, 0.4) is 0 Å². The number of aliphatic carboxylic acids is 1. The van der Waals surface area contributed by atoms with Crippen molar-refractivity contribution in [2.45, 2.75) is 32.7 Å². The van der Waals surface area contributed by atoms with Gasteiger partial charge in [-0.05, 0) is 25.3 Å². The number of rotatable bonds is 3. The van der Waals surface area contributed by atoms with Crippen molar-refractivity contribution < 1.29 is 19.5 Å². The van der Waals surface area contributed by atoms with E-state index in [1.807, 2.05) is 6.92 Å². The van der Waals surface area contributed by atoms with Gasteiger partial charge in [0.25, 0.3) is 5.91 Å². The Balaban J connectivity index is 2.55. The third kappa shape index (κ3) is 3.99. The summed E-state index contributed by atoms with van der Waals surface area (Å²) in [4.78, 5) is 35.0. The van der Waals surface area contributed by atoms with Crippen LogP contribution >= 0.6 is 0 Å². The standard InChI is InChI=1S/C11H19N3O4/c1-7-4-3-5-14(10(7)11(17)18)6-9(16)13-12-8(2)15/h7,10H,3-6H2,1-2H3,(H,12,15)(H,13,16)(H,17,18). The van der Waals surface area contributed by atoms with Gasteiger partial charge in [-0.15, -0.1) is 0 Å². The van der Waals surface area contributed by atoms with Gasteiger partial charge in [0.1, 0.15) is 6.04 Å². The second-order valence-corrected chi connectivity index (χ2v) is 4.60. The maximum atomic E-state index is 11.5. The van der Waals surface area contributed by atoms with Gasteiger partial charge in [0.05, 0.1) is 6.54 Å². The summed E-state index contributed by atoms with van der Waals surface area (Å²) in [5.41, 5.74) is 4.41. The second kappa shape index (κ2) is 6.34. The molecule has 1 aliphatic heterocycles. The molecule has 0 spiro atoms. The molecule has 7 heteroatoms. The maximum absolute atomic E-state index is 11.5. The van der Waals surface area contributed by atoms with Gasteiger partial charge < -0.3 is 5.11 Å². The first-order chi connectivity index (χ1) is 8.41. The molecule has 0 radical (unpaired) electrons. The van der Waals surface area contributed by atoms with Gasteiger partial charge >= 0.3 is 5.97 Å². The SMILES string of the molecule is CC(=O)NNC(=O)CN1CCCC(C)C1C(=O)O. The average molecular weight is 257 g/mol. The maximum Gasteiger partial charge on any atom is 0.321 e. The molecule has 1 saturated heterocycles. The molecule has 7 nitrogen and oxygen atoms in total. The Morgan fingerprint density at radius 1 is 1.33 bits per heavy atom. The van der Waals surface area contributed by atoms with E-state index >= 15 is 0 Å². The normalized spacial score (nSPS) is 24.3. The van der Waals surface area contributed by atoms with Crippen molar-refractivity contribution in [1.29, 1.82) is 0 Å². The monoisotopic (exact) mass is 257 g/mol. The molecule has 0 saturated carbocycles. The van der Waals surface area contributed by atoms with Crippen LogP contribution in [0.2, 0.25) is 0 Å². The number of likely N-dealkylation sites (tertiary alicyclic amines) is 1. The van der Waals surface area contributed by atoms with E-state index in [2.05, 4.69) is 10.9 Å². The summed E-state index contributed by atoms with van der Waals surface area (Å²) >= 11 is 0. The molecule has 1 aliphatic rings. The average Bonchev–Trinajstić information content (AvgIpc) is 2.26. The molecule has 0 aromatic carbocycles. The Bertz CT molecular complexity index is 345. The number of carbonyl (C=O) groups is 3. The highest BCUT2D eigenvalue weighted by Gasteiger charge is 2.34. The highest BCUT2D eigenvalue weighted by molar-refractivity contribution is 5.83. The number of hydrogen-bond donors (Lipinski definition) is 3. The molecule has 0 aromatic heterocycles. The molecule has 3 N–H and O–H groups in total. The predicted octanol–water partition coefficient (Wildman–Crippen LogP) is -0.661. The highest BCUT2D eigenvalue weighted by Crippen LogP contribution is 2.22. The summed E-state index contributed by atoms with van der Waals surface area (Å²) in [6.45, 7) is 3.70. The van der Waals surface area contributed by atoms with Gasteiger partial charge in [-0.25, -0.2) is 0 Å². The van der Waals surface area contributed by atoms with Crippen molar-refractivity contribution in [2.24, 2.45) is 5.92 Å². The minimum absolute atomic E-state index is 0.0183. The van der Waals surface area contributed by atoms with Crippen LogP contribution in [-0.4, -0.2) is 46.9 Å². The molecule has 18 heavy (non-hydrogen) atoms. The summed E-state index contributed by atoms with van der Waals surface area (Å²) in [6, 6.07) is -0.637. The van der Waals surface area contributed by atoms with Crippen LogP contribution in [0.15, 0.2) is 0 Å². The van der Waals surface area contributed by atoms with Crippen LogP contribution < -0.4 is 10.9 Å². The number of amides is 2. The van der Waals surface area contributed by atoms with Crippen molar-refractivity contribution in [2.75, 3.05) is 13.1 Å². The fourth-order valence-corrected chi connectivity index (χ4v) is 2.23. The van der Waals surface area contributed by atoms with E-state index in [9.17, 15) is 14.4 Å². The van der Waals surface area contributed by atoms with E-state index in [0.717, 1.165) is 12.8 Å². The topological polar surface area (TPSA) is 98.7 Å². The summed E-state index contributed by atoms with van der Waals surface area (Å²) in [5.74, 6) is -1.67. The van der Waals surface area contributed by atoms with Gasteiger partial charge in [-0.2, -0.15) is 0 Å². The lowest BCUT2D eigenvalue weighted by molar-refractivity contribution is -0.147. The van der Waals surface area contributed by atoms with Crippen molar-refractivity contribution in [3.05, 3.63) is 0 Å². The second-order valence-electron chi connectivity index (χ2n) is 4.60. The summed E-state index contributed by atoms with van der Waals surface area (Å²) in [7, 11) is 0. The van der Waals surface area contributed by atoms with Gasteiger partial charge in [-0.3, -0.25) is 30.1 Å². The lowest BCUT2D eigenvalue weighted by Gasteiger charge is -2.36. The number of nitrogens with one attached hydrogen (secondary N) is 2. The fourth-order valence-electron chi connectivity index (χ4n) is 2.23. The van der Waals surface area contributed by atoms with E-state index in [1.54, 1.807) is 4.90 Å². The molecule has 2 amide bonds. The van der Waals surface area contributed by atoms with Crippen molar-refractivity contribution in [3.63, 3.8) is 0 Å². The van der Waals surface area contributed by atoms with Gasteiger partial charge in [0.2, 0.25) is 5.91 Å². The van der Waals surface area contributed by atoms with E-state index in [1.165, 1.54) is 6.92 Å². The molecule has 2 atom stereocenters. The smallest absolute Gasteiger partial charge is 0.321 e. The third-order valence-electron chi connectivity index (χ3n) is 3.01. The van der Waals surface area contributed by atoms with Crippen molar-refractivity contribution in [1.82, 2.24) is 15.8 Å². The summed E-state index contributed by atoms with van der Waals surface area (Å²) < 4.78 is 0. The minimum Gasteiger partial charge on any atom is -0.480 e. The molecule has 102 valence electrons. The molecule has 0 bridgehead atoms. The first-order valence-corrected chi connectivity index (χ1v) is 5.94. The van der Waals surface area contributed by atoms with Gasteiger partial charge in [0.15, 0.2) is 0 Å². The number of carboxylic acids is 1. The first-order valence-electron chi connectivity index (χ1n) is 5.94. The van der Waals surface area contributed by atoms with Crippen LogP contribution in [-0.2, 0) is 14.4 Å². The number of carbonyl (C=O) groups excluding carboxylic acids is 2. The highest BCUT2D eigenvalue weighted by atomic mass is 16.4. The van der Waals surface area contributed by atoms with Gasteiger partial charge in [0, 0.05) is 6.92 Å². The van der Waals surface area contributed by atoms with Crippen LogP contribution in [0.1, 0.15) is 26.7 Å². The quantitative estimate of drug-likeness (QED) is 0.583. The Labute approximate surface area is 105 Å². The fraction of sp³-hybridized carbons (Fsp3) is 0.727. The zero-order valence-corrected chi connectivity index (χ0v) is 10.6. The van der Waals surface area contributed by atoms with E-state index in [-0.39, 0.29) is 18.4 Å². The molecule has 1 fully saturated rings. The number of nitrogens with zero attached hydrogens (tertiary/aromatic N) is 1. The zero-order chi connectivity index (χ0) is 13.7. The Hall–Kier alpha value is -1.63. The minimum atomic E-state index is -0.908. The van der Waals surface area contributed by atoms with Crippen LogP contribution in [0.5, 0.6) is 0 Å². The lowest BCUT2D eigenvalue weighted by Crippen LogP contribution is -2.54. The number of hydrogen-bond acceptors (Lipinski definition) is 4. The predicted molar refractivity (Wildman–Crippen MR) is 63.4 cm³/mol. The van der Waals surface area contributed by atoms with Crippen LogP contribution in [0.25, 0.3) is 0 Å². The number of carboxylic acid groups (broad SMARTS) is 1. The molecule has 0 aromatic rings. The Morgan fingerprint density at radius 2 is 2.00 bits per heavy atom. The van der Waals surface area contributed by atoms with Crippen molar-refractivity contribution >= 4 is 17.8 Å². The number of piperidine rings is 1. The van der Waals surface area contributed by atoms with Gasteiger partial charge in [-0.1, -0.05) is 6.92 Å². The summed E-state index contributed by atoms with van der Waals surface area (Å²) in [6.07, 6.45) is 1.72. The molecular weight excluding hydrogens is 238 g/mol. The Kier molecular flexibility index (Phi) is 5.08. The molecule has 0 aliphatic carbocycles. The molecule has 1 rings (SSSR count). The van der Waals surface area contributed by atoms with Crippen LogP contribution in [0.4, 0.5) is 0 Å². The lowest BCUT2D eigenvalue weighted by atomic mass is 9.91. The van der Waals surface area contributed by atoms with Crippen LogP contribution in [0, 0.1) is 5.92 Å². The van der Waals surface area contributed by atoms with E-state index in [0.29, 0.717) is 6.54 Å². The third-order valence-corrected chi connectivity index (χ3v) is 3.01. The zero-order valence-electron chi connectivity index (χ0n) is 10.6. The Morgan fingerprint density at radius 3 is 2.56 bits per heavy atom. The molecule has 2 unspecified atom stereocenters. The first kappa shape index (κ1) is 14.4.